The van der Waals surface area contributed by atoms with Crippen LogP contribution in [0.1, 0.15) is 44.2 Å². The smallest absolute Gasteiger partial charge is 0.227 e. The van der Waals surface area contributed by atoms with Gasteiger partial charge < -0.3 is 10.6 Å². The lowest BCUT2D eigenvalue weighted by Crippen LogP contribution is -2.34. The Morgan fingerprint density at radius 2 is 1.79 bits per heavy atom. The summed E-state index contributed by atoms with van der Waals surface area (Å²) in [7, 11) is 0. The van der Waals surface area contributed by atoms with Crippen LogP contribution in [-0.2, 0) is 11.2 Å². The summed E-state index contributed by atoms with van der Waals surface area (Å²) in [6.07, 6.45) is 2.15. The van der Waals surface area contributed by atoms with Gasteiger partial charge in [-0.3, -0.25) is 4.79 Å². The largest absolute Gasteiger partial charge is 0.354 e. The number of aryl methyl sites for hydroxylation is 1. The molecule has 1 aromatic rings. The highest BCUT2D eigenvalue weighted by atomic mass is 16.1. The molecule has 19 heavy (non-hydrogen) atoms. The van der Waals surface area contributed by atoms with Crippen LogP contribution < -0.4 is 10.6 Å². The van der Waals surface area contributed by atoms with Crippen LogP contribution in [0.15, 0.2) is 24.3 Å². The molecule has 0 aliphatic heterocycles. The maximum absolute atomic E-state index is 12.0. The summed E-state index contributed by atoms with van der Waals surface area (Å²) in [5, 5.41) is 6.24. The van der Waals surface area contributed by atoms with Crippen molar-refractivity contribution in [3.05, 3.63) is 35.4 Å². The second-order valence-corrected chi connectivity index (χ2v) is 4.86. The Hall–Kier alpha value is -1.35. The molecule has 1 rings (SSSR count). The summed E-state index contributed by atoms with van der Waals surface area (Å²) >= 11 is 0. The average Bonchev–Trinajstić information content (AvgIpc) is 2.46. The minimum atomic E-state index is -0.0860. The third-order valence-electron chi connectivity index (χ3n) is 3.31. The van der Waals surface area contributed by atoms with Crippen LogP contribution in [0.2, 0.25) is 0 Å². The third kappa shape index (κ3) is 5.43. The minimum Gasteiger partial charge on any atom is -0.354 e. The van der Waals surface area contributed by atoms with Gasteiger partial charge in [0, 0.05) is 13.1 Å². The van der Waals surface area contributed by atoms with Crippen LogP contribution in [0.5, 0.6) is 0 Å². The van der Waals surface area contributed by atoms with Crippen LogP contribution in [0, 0.1) is 0 Å². The van der Waals surface area contributed by atoms with E-state index >= 15 is 0 Å². The van der Waals surface area contributed by atoms with Gasteiger partial charge in [0.1, 0.15) is 0 Å². The van der Waals surface area contributed by atoms with Crippen LogP contribution in [-0.4, -0.2) is 25.5 Å². The summed E-state index contributed by atoms with van der Waals surface area (Å²) in [6.45, 7) is 8.75. The first-order chi connectivity index (χ1) is 9.19. The second kappa shape index (κ2) is 8.70. The van der Waals surface area contributed by atoms with E-state index in [-0.39, 0.29) is 11.8 Å². The van der Waals surface area contributed by atoms with E-state index in [0.29, 0.717) is 6.54 Å². The highest BCUT2D eigenvalue weighted by Gasteiger charge is 2.14. The first kappa shape index (κ1) is 15.7. The minimum absolute atomic E-state index is 0.0860. The van der Waals surface area contributed by atoms with E-state index in [0.717, 1.165) is 31.5 Å². The molecule has 0 bridgehead atoms. The SMILES string of the molecule is CCCNCCNC(=O)C(C)c1ccc(CC)cc1. The third-order valence-corrected chi connectivity index (χ3v) is 3.31. The molecule has 2 N–H and O–H groups in total. The maximum atomic E-state index is 12.0. The number of benzene rings is 1. The molecule has 1 aromatic carbocycles. The van der Waals surface area contributed by atoms with Crippen molar-refractivity contribution in [2.24, 2.45) is 0 Å². The lowest BCUT2D eigenvalue weighted by atomic mass is 9.98. The van der Waals surface area contributed by atoms with E-state index in [9.17, 15) is 4.79 Å². The zero-order valence-corrected chi connectivity index (χ0v) is 12.3. The predicted octanol–water partition coefficient (Wildman–Crippen LogP) is 2.47. The van der Waals surface area contributed by atoms with Gasteiger partial charge in [0.05, 0.1) is 5.92 Å². The summed E-state index contributed by atoms with van der Waals surface area (Å²) in [5.74, 6) is 0.0135. The van der Waals surface area contributed by atoms with Gasteiger partial charge in [0.25, 0.3) is 0 Å². The number of nitrogens with one attached hydrogen (secondary N) is 2. The number of carbonyl (C=O) groups excluding carboxylic acids is 1. The normalized spacial score (nSPS) is 12.2. The molecular weight excluding hydrogens is 236 g/mol. The standard InChI is InChI=1S/C16H26N2O/c1-4-10-17-11-12-18-16(19)13(3)15-8-6-14(5-2)7-9-15/h6-9,13,17H,4-5,10-12H2,1-3H3,(H,18,19). The molecular formula is C16H26N2O. The zero-order valence-electron chi connectivity index (χ0n) is 12.3. The van der Waals surface area contributed by atoms with Crippen molar-refractivity contribution >= 4 is 5.91 Å². The van der Waals surface area contributed by atoms with E-state index in [4.69, 9.17) is 0 Å². The molecule has 1 unspecified atom stereocenters. The molecule has 106 valence electrons. The molecule has 0 aromatic heterocycles. The Morgan fingerprint density at radius 3 is 2.37 bits per heavy atom. The highest BCUT2D eigenvalue weighted by molar-refractivity contribution is 5.83. The van der Waals surface area contributed by atoms with Gasteiger partial charge in [0.15, 0.2) is 0 Å². The molecule has 3 nitrogen and oxygen atoms in total. The number of hydrogen-bond acceptors (Lipinski definition) is 2. The second-order valence-electron chi connectivity index (χ2n) is 4.86. The number of hydrogen-bond donors (Lipinski definition) is 2. The van der Waals surface area contributed by atoms with Crippen molar-refractivity contribution in [2.75, 3.05) is 19.6 Å². The maximum Gasteiger partial charge on any atom is 0.227 e. The topological polar surface area (TPSA) is 41.1 Å². The Morgan fingerprint density at radius 1 is 1.11 bits per heavy atom. The van der Waals surface area contributed by atoms with E-state index in [1.165, 1.54) is 5.56 Å². The molecule has 3 heteroatoms. The molecule has 1 atom stereocenters. The molecule has 1 amide bonds. The molecule has 0 spiro atoms. The lowest BCUT2D eigenvalue weighted by molar-refractivity contribution is -0.122. The monoisotopic (exact) mass is 262 g/mol. The zero-order chi connectivity index (χ0) is 14.1. The van der Waals surface area contributed by atoms with Crippen LogP contribution >= 0.6 is 0 Å². The van der Waals surface area contributed by atoms with Gasteiger partial charge >= 0.3 is 0 Å². The Kier molecular flexibility index (Phi) is 7.19. The van der Waals surface area contributed by atoms with Crippen LogP contribution in [0.3, 0.4) is 0 Å². The summed E-state index contributed by atoms with van der Waals surface area (Å²) in [6, 6.07) is 8.31. The Labute approximate surface area is 116 Å². The van der Waals surface area contributed by atoms with Crippen LogP contribution in [0.4, 0.5) is 0 Å². The first-order valence-electron chi connectivity index (χ1n) is 7.26. The summed E-state index contributed by atoms with van der Waals surface area (Å²) in [5.41, 5.74) is 2.39. The molecule has 0 fully saturated rings. The van der Waals surface area contributed by atoms with Gasteiger partial charge in [-0.2, -0.15) is 0 Å². The van der Waals surface area contributed by atoms with Gasteiger partial charge in [-0.15, -0.1) is 0 Å². The van der Waals surface area contributed by atoms with E-state index in [2.05, 4.69) is 48.7 Å². The van der Waals surface area contributed by atoms with Crippen molar-refractivity contribution < 1.29 is 4.79 Å². The number of amides is 1. The molecule has 0 aliphatic rings. The molecule has 0 aliphatic carbocycles. The van der Waals surface area contributed by atoms with Gasteiger partial charge in [0.2, 0.25) is 5.91 Å². The van der Waals surface area contributed by atoms with Gasteiger partial charge in [-0.05, 0) is 37.4 Å². The van der Waals surface area contributed by atoms with E-state index < -0.39 is 0 Å². The van der Waals surface area contributed by atoms with E-state index in [1.54, 1.807) is 0 Å². The lowest BCUT2D eigenvalue weighted by Gasteiger charge is -2.13. The Bertz CT molecular complexity index is 373. The summed E-state index contributed by atoms with van der Waals surface area (Å²) < 4.78 is 0. The van der Waals surface area contributed by atoms with Gasteiger partial charge in [-0.25, -0.2) is 0 Å². The fourth-order valence-electron chi connectivity index (χ4n) is 1.92. The number of carbonyl (C=O) groups is 1. The van der Waals surface area contributed by atoms with Crippen molar-refractivity contribution in [3.8, 4) is 0 Å². The number of rotatable bonds is 8. The molecule has 0 saturated carbocycles. The van der Waals surface area contributed by atoms with E-state index in [1.807, 2.05) is 6.92 Å². The highest BCUT2D eigenvalue weighted by Crippen LogP contribution is 2.16. The van der Waals surface area contributed by atoms with Gasteiger partial charge in [-0.1, -0.05) is 38.1 Å². The van der Waals surface area contributed by atoms with Crippen molar-refractivity contribution in [1.29, 1.82) is 0 Å². The Balaban J connectivity index is 2.38. The molecule has 0 radical (unpaired) electrons. The average molecular weight is 262 g/mol. The fraction of sp³-hybridized carbons (Fsp3) is 0.562. The summed E-state index contributed by atoms with van der Waals surface area (Å²) in [4.78, 5) is 12.0. The molecule has 0 heterocycles. The van der Waals surface area contributed by atoms with Crippen molar-refractivity contribution in [3.63, 3.8) is 0 Å². The fourth-order valence-corrected chi connectivity index (χ4v) is 1.92. The quantitative estimate of drug-likeness (QED) is 0.707. The van der Waals surface area contributed by atoms with Crippen molar-refractivity contribution in [2.45, 2.75) is 39.5 Å². The predicted molar refractivity (Wildman–Crippen MR) is 80.4 cm³/mol. The van der Waals surface area contributed by atoms with Crippen LogP contribution in [0.25, 0.3) is 0 Å². The van der Waals surface area contributed by atoms with Crippen molar-refractivity contribution in [1.82, 2.24) is 10.6 Å². The molecule has 0 saturated heterocycles. The first-order valence-corrected chi connectivity index (χ1v) is 7.26.